The first-order valence-electron chi connectivity index (χ1n) is 13.8. The average Bonchev–Trinajstić information content (AvgIpc) is 3.07. The van der Waals surface area contributed by atoms with Crippen molar-refractivity contribution in [3.8, 4) is 34.0 Å². The van der Waals surface area contributed by atoms with Crippen LogP contribution in [0, 0.1) is 0 Å². The van der Waals surface area contributed by atoms with Crippen molar-refractivity contribution in [3.05, 3.63) is 97.2 Å². The Kier molecular flexibility index (Phi) is 9.90. The Labute approximate surface area is 265 Å². The highest BCUT2D eigenvalue weighted by molar-refractivity contribution is 8.00. The molecule has 2 N–H and O–H groups in total. The van der Waals surface area contributed by atoms with Gasteiger partial charge in [0.2, 0.25) is 11.1 Å². The van der Waals surface area contributed by atoms with Crippen LogP contribution in [0.5, 0.6) is 11.5 Å². The third-order valence-electron chi connectivity index (χ3n) is 6.64. The summed E-state index contributed by atoms with van der Waals surface area (Å²) < 4.78 is 38.5. The number of benzene rings is 3. The molecule has 0 spiro atoms. The summed E-state index contributed by atoms with van der Waals surface area (Å²) in [7, 11) is -0.637. The van der Waals surface area contributed by atoms with Crippen molar-refractivity contribution in [3.63, 3.8) is 0 Å². The maximum Gasteiger partial charge on any atom is 0.263 e. The molecule has 5 aromatic rings. The molecule has 3 aromatic carbocycles. The summed E-state index contributed by atoms with van der Waals surface area (Å²) in [4.78, 5) is 22.1. The van der Waals surface area contributed by atoms with Crippen molar-refractivity contribution in [1.82, 2.24) is 20.2 Å². The van der Waals surface area contributed by atoms with Crippen LogP contribution in [0.25, 0.3) is 22.5 Å². The first-order valence-corrected chi connectivity index (χ1v) is 16.2. The molecule has 2 aromatic heterocycles. The number of amides is 1. The zero-order valence-corrected chi connectivity index (χ0v) is 26.3. The molecule has 0 saturated carbocycles. The van der Waals surface area contributed by atoms with Crippen LogP contribution in [0.3, 0.4) is 0 Å². The number of methoxy groups -OCH3 is 2. The molecule has 5 rings (SSSR count). The smallest absolute Gasteiger partial charge is 0.263 e. The number of aromatic nitrogens is 4. The van der Waals surface area contributed by atoms with Crippen LogP contribution in [0.4, 0.5) is 11.5 Å². The third-order valence-corrected chi connectivity index (χ3v) is 9.23. The number of rotatable bonds is 12. The van der Waals surface area contributed by atoms with Gasteiger partial charge >= 0.3 is 0 Å². The van der Waals surface area contributed by atoms with E-state index in [0.29, 0.717) is 40.2 Å². The fraction of sp³-hybridized carbons (Fsp3) is 0.156. The molecule has 1 atom stereocenters. The van der Waals surface area contributed by atoms with Gasteiger partial charge in [0.1, 0.15) is 28.7 Å². The zero-order valence-electron chi connectivity index (χ0n) is 24.7. The molecule has 13 heteroatoms. The monoisotopic (exact) mass is 642 g/mol. The van der Waals surface area contributed by atoms with Crippen LogP contribution >= 0.6 is 11.8 Å². The molecule has 0 aliphatic carbocycles. The summed E-state index contributed by atoms with van der Waals surface area (Å²) in [5, 5.41) is 11.5. The topological polar surface area (TPSA) is 145 Å². The number of hydrogen-bond acceptors (Lipinski definition) is 10. The number of sulfonamides is 1. The SMILES string of the molecule is CCC(Sc1nnc(-c2ccc(OC)cc2)c(-c2ccc(OC)cc2)n1)C(=O)Nc1ccc(S(=O)(=O)Nc2ccccn2)cc1. The van der Waals surface area contributed by atoms with Crippen molar-refractivity contribution < 1.29 is 22.7 Å². The van der Waals surface area contributed by atoms with Gasteiger partial charge in [-0.1, -0.05) is 24.8 Å². The van der Waals surface area contributed by atoms with E-state index in [1.54, 1.807) is 32.4 Å². The molecular weight excluding hydrogens is 613 g/mol. The largest absolute Gasteiger partial charge is 0.497 e. The van der Waals surface area contributed by atoms with Crippen LogP contribution in [0.1, 0.15) is 13.3 Å². The fourth-order valence-corrected chi connectivity index (χ4v) is 6.09. The molecular formula is C32H30N6O5S2. The molecule has 2 heterocycles. The van der Waals surface area contributed by atoms with Gasteiger partial charge in [-0.3, -0.25) is 9.52 Å². The highest BCUT2D eigenvalue weighted by Gasteiger charge is 2.23. The number of pyridine rings is 1. The number of nitrogens with zero attached hydrogens (tertiary/aromatic N) is 4. The summed E-state index contributed by atoms with van der Waals surface area (Å²) in [5.74, 6) is 1.35. The van der Waals surface area contributed by atoms with Crippen molar-refractivity contribution in [2.24, 2.45) is 0 Å². The summed E-state index contributed by atoms with van der Waals surface area (Å²) in [6.45, 7) is 1.89. The lowest BCUT2D eigenvalue weighted by atomic mass is 10.0. The second-order valence-electron chi connectivity index (χ2n) is 9.60. The van der Waals surface area contributed by atoms with Crippen LogP contribution in [0.2, 0.25) is 0 Å². The third kappa shape index (κ3) is 7.75. The van der Waals surface area contributed by atoms with Gasteiger partial charge in [-0.25, -0.2) is 18.4 Å². The Bertz CT molecular complexity index is 1860. The van der Waals surface area contributed by atoms with Crippen molar-refractivity contribution in [1.29, 1.82) is 0 Å². The molecule has 1 unspecified atom stereocenters. The summed E-state index contributed by atoms with van der Waals surface area (Å²) in [6, 6.07) is 25.8. The molecule has 11 nitrogen and oxygen atoms in total. The lowest BCUT2D eigenvalue weighted by molar-refractivity contribution is -0.115. The van der Waals surface area contributed by atoms with Gasteiger partial charge in [-0.15, -0.1) is 10.2 Å². The van der Waals surface area contributed by atoms with E-state index in [-0.39, 0.29) is 16.6 Å². The highest BCUT2D eigenvalue weighted by Crippen LogP contribution is 2.33. The van der Waals surface area contributed by atoms with Gasteiger partial charge in [-0.2, -0.15) is 0 Å². The Morgan fingerprint density at radius 1 is 0.822 bits per heavy atom. The quantitative estimate of drug-likeness (QED) is 0.157. The fourth-order valence-electron chi connectivity index (χ4n) is 4.26. The van der Waals surface area contributed by atoms with Gasteiger partial charge in [0.05, 0.1) is 24.4 Å². The average molecular weight is 643 g/mol. The van der Waals surface area contributed by atoms with Crippen LogP contribution < -0.4 is 19.5 Å². The Morgan fingerprint density at radius 2 is 1.44 bits per heavy atom. The standard InChI is InChI=1S/C32H30N6O5S2/c1-4-27(31(39)34-23-12-18-26(19-13-23)45(40,41)38-28-7-5-6-20-33-28)44-32-35-29(21-8-14-24(42-2)15-9-21)30(36-37-32)22-10-16-25(43-3)17-11-22/h5-20,27H,4H2,1-3H3,(H,33,38)(H,34,39). The van der Waals surface area contributed by atoms with E-state index in [2.05, 4.69) is 25.2 Å². The van der Waals surface area contributed by atoms with Gasteiger partial charge < -0.3 is 14.8 Å². The Morgan fingerprint density at radius 3 is 2.00 bits per heavy atom. The van der Waals surface area contributed by atoms with E-state index in [1.807, 2.05) is 55.5 Å². The molecule has 0 saturated heterocycles. The minimum Gasteiger partial charge on any atom is -0.497 e. The van der Waals surface area contributed by atoms with Crippen LogP contribution in [-0.2, 0) is 14.8 Å². The minimum atomic E-state index is -3.84. The van der Waals surface area contributed by atoms with E-state index in [1.165, 1.54) is 42.2 Å². The number of anilines is 2. The Balaban J connectivity index is 1.34. The summed E-state index contributed by atoms with van der Waals surface area (Å²) in [6.07, 6.45) is 1.98. The molecule has 0 aliphatic heterocycles. The van der Waals surface area contributed by atoms with Crippen molar-refractivity contribution in [2.45, 2.75) is 28.6 Å². The molecule has 230 valence electrons. The lowest BCUT2D eigenvalue weighted by Crippen LogP contribution is -2.25. The zero-order chi connectivity index (χ0) is 31.8. The van der Waals surface area contributed by atoms with E-state index in [9.17, 15) is 13.2 Å². The van der Waals surface area contributed by atoms with Gasteiger partial charge in [-0.05, 0) is 91.3 Å². The molecule has 0 aliphatic rings. The van der Waals surface area contributed by atoms with Gasteiger partial charge in [0.25, 0.3) is 10.0 Å². The maximum atomic E-state index is 13.3. The molecule has 0 fully saturated rings. The van der Waals surface area contributed by atoms with E-state index in [4.69, 9.17) is 14.5 Å². The van der Waals surface area contributed by atoms with Gasteiger partial charge in [0, 0.05) is 23.0 Å². The highest BCUT2D eigenvalue weighted by atomic mass is 32.2. The predicted molar refractivity (Wildman–Crippen MR) is 174 cm³/mol. The first-order chi connectivity index (χ1) is 21.8. The van der Waals surface area contributed by atoms with E-state index < -0.39 is 15.3 Å². The molecule has 45 heavy (non-hydrogen) atoms. The maximum absolute atomic E-state index is 13.3. The van der Waals surface area contributed by atoms with Crippen molar-refractivity contribution in [2.75, 3.05) is 24.3 Å². The summed E-state index contributed by atoms with van der Waals surface area (Å²) >= 11 is 1.20. The van der Waals surface area contributed by atoms with Gasteiger partial charge in [0.15, 0.2) is 0 Å². The van der Waals surface area contributed by atoms with Crippen LogP contribution in [-0.4, -0.2) is 54.0 Å². The number of carbonyl (C=O) groups is 1. The summed E-state index contributed by atoms with van der Waals surface area (Å²) in [5.41, 5.74) is 3.25. The number of ether oxygens (including phenoxy) is 2. The van der Waals surface area contributed by atoms with E-state index in [0.717, 1.165) is 11.1 Å². The number of thioether (sulfide) groups is 1. The minimum absolute atomic E-state index is 0.0371. The molecule has 1 amide bonds. The Hall–Kier alpha value is -5.01. The predicted octanol–water partition coefficient (Wildman–Crippen LogP) is 5.93. The number of hydrogen-bond donors (Lipinski definition) is 2. The number of carbonyl (C=O) groups excluding carboxylic acids is 1. The second-order valence-corrected chi connectivity index (χ2v) is 12.4. The van der Waals surface area contributed by atoms with E-state index >= 15 is 0 Å². The van der Waals surface area contributed by atoms with Crippen LogP contribution in [0.15, 0.2) is 107 Å². The molecule has 0 radical (unpaired) electrons. The molecule has 0 bridgehead atoms. The second kappa shape index (κ2) is 14.2. The normalized spacial score (nSPS) is 11.8. The number of nitrogens with one attached hydrogen (secondary N) is 2. The lowest BCUT2D eigenvalue weighted by Gasteiger charge is -2.15. The first kappa shape index (κ1) is 31.4. The van der Waals surface area contributed by atoms with Crippen molar-refractivity contribution >= 4 is 39.2 Å².